The minimum Gasteiger partial charge on any atom is -0.384 e. The number of rotatable bonds is 2. The summed E-state index contributed by atoms with van der Waals surface area (Å²) in [5.74, 6) is 6.79. The normalized spacial score (nSPS) is 24.8. The molecule has 0 aromatic heterocycles. The lowest BCUT2D eigenvalue weighted by Crippen LogP contribution is -2.39. The van der Waals surface area contributed by atoms with Gasteiger partial charge in [0, 0.05) is 17.2 Å². The molecule has 1 aliphatic carbocycles. The van der Waals surface area contributed by atoms with Gasteiger partial charge in [0.25, 0.3) is 5.91 Å². The number of carbonyl (C=O) groups excluding carboxylic acids is 1. The molecule has 1 aliphatic rings. The van der Waals surface area contributed by atoms with Crippen LogP contribution in [0.3, 0.4) is 0 Å². The van der Waals surface area contributed by atoms with Crippen LogP contribution in [0.4, 0.5) is 0 Å². The summed E-state index contributed by atoms with van der Waals surface area (Å²) in [4.78, 5) is 12.3. The second-order valence-electron chi connectivity index (χ2n) is 5.98. The highest BCUT2D eigenvalue weighted by atomic mass is 16.2. The number of hydrogen-bond acceptors (Lipinski definition) is 2. The largest absolute Gasteiger partial charge is 0.384 e. The third-order valence-electron chi connectivity index (χ3n) is 4.37. The molecule has 2 rings (SSSR count). The molecule has 1 aromatic rings. The summed E-state index contributed by atoms with van der Waals surface area (Å²) >= 11 is 0. The van der Waals surface area contributed by atoms with Crippen molar-refractivity contribution in [2.24, 2.45) is 11.8 Å². The monoisotopic (exact) mass is 285 g/mol. The summed E-state index contributed by atoms with van der Waals surface area (Å²) in [6, 6.07) is 7.50. The predicted molar refractivity (Wildman–Crippen MR) is 83.8 cm³/mol. The maximum atomic E-state index is 12.3. The van der Waals surface area contributed by atoms with Crippen LogP contribution in [0.25, 0.3) is 0 Å². The van der Waals surface area contributed by atoms with E-state index in [2.05, 4.69) is 31.0 Å². The maximum absolute atomic E-state index is 12.3. The molecule has 2 N–H and O–H groups in total. The van der Waals surface area contributed by atoms with Gasteiger partial charge in [-0.15, -0.1) is 0 Å². The molecule has 112 valence electrons. The molecule has 1 aromatic carbocycles. The quantitative estimate of drug-likeness (QED) is 0.821. The molecule has 0 heterocycles. The highest BCUT2D eigenvalue weighted by molar-refractivity contribution is 5.94. The lowest BCUT2D eigenvalue weighted by atomic mass is 9.79. The van der Waals surface area contributed by atoms with Crippen molar-refractivity contribution >= 4 is 5.91 Å². The van der Waals surface area contributed by atoms with Crippen LogP contribution in [0.2, 0.25) is 0 Å². The van der Waals surface area contributed by atoms with E-state index in [1.54, 1.807) is 12.1 Å². The molecule has 1 saturated carbocycles. The molecule has 3 atom stereocenters. The molecule has 0 aliphatic heterocycles. The summed E-state index contributed by atoms with van der Waals surface area (Å²) < 4.78 is 0. The molecule has 0 bridgehead atoms. The Bertz CT molecular complexity index is 556. The van der Waals surface area contributed by atoms with Crippen LogP contribution >= 0.6 is 0 Å². The molecule has 3 unspecified atom stereocenters. The van der Waals surface area contributed by atoms with Crippen molar-refractivity contribution in [3.63, 3.8) is 0 Å². The molecular weight excluding hydrogens is 262 g/mol. The van der Waals surface area contributed by atoms with Crippen molar-refractivity contribution in [2.75, 3.05) is 6.61 Å². The third-order valence-corrected chi connectivity index (χ3v) is 4.37. The smallest absolute Gasteiger partial charge is 0.251 e. The first-order chi connectivity index (χ1) is 10.1. The summed E-state index contributed by atoms with van der Waals surface area (Å²) in [7, 11) is 0. The number of benzene rings is 1. The van der Waals surface area contributed by atoms with Crippen LogP contribution in [-0.2, 0) is 0 Å². The van der Waals surface area contributed by atoms with Crippen LogP contribution in [0.1, 0.15) is 49.0 Å². The van der Waals surface area contributed by atoms with Gasteiger partial charge < -0.3 is 10.4 Å². The Morgan fingerprint density at radius 1 is 1.33 bits per heavy atom. The van der Waals surface area contributed by atoms with Crippen molar-refractivity contribution in [1.82, 2.24) is 5.32 Å². The van der Waals surface area contributed by atoms with E-state index in [1.807, 2.05) is 12.1 Å². The Hall–Kier alpha value is -1.79. The molecule has 1 fully saturated rings. The fourth-order valence-electron chi connectivity index (χ4n) is 2.83. The molecule has 21 heavy (non-hydrogen) atoms. The van der Waals surface area contributed by atoms with Crippen molar-refractivity contribution < 1.29 is 9.90 Å². The van der Waals surface area contributed by atoms with Gasteiger partial charge in [0.15, 0.2) is 0 Å². The van der Waals surface area contributed by atoms with Gasteiger partial charge in [0.2, 0.25) is 0 Å². The van der Waals surface area contributed by atoms with Crippen LogP contribution in [-0.4, -0.2) is 23.7 Å². The van der Waals surface area contributed by atoms with Gasteiger partial charge in [-0.1, -0.05) is 31.8 Å². The first-order valence-corrected chi connectivity index (χ1v) is 7.60. The first kappa shape index (κ1) is 15.6. The molecule has 0 saturated heterocycles. The van der Waals surface area contributed by atoms with E-state index in [1.165, 1.54) is 6.42 Å². The van der Waals surface area contributed by atoms with E-state index in [9.17, 15) is 4.79 Å². The van der Waals surface area contributed by atoms with Crippen molar-refractivity contribution in [3.05, 3.63) is 35.4 Å². The van der Waals surface area contributed by atoms with Crippen LogP contribution in [0.5, 0.6) is 0 Å². The topological polar surface area (TPSA) is 49.3 Å². The number of amides is 1. The number of nitrogens with one attached hydrogen (secondary N) is 1. The van der Waals surface area contributed by atoms with E-state index in [4.69, 9.17) is 5.11 Å². The van der Waals surface area contributed by atoms with Crippen LogP contribution in [0.15, 0.2) is 24.3 Å². The van der Waals surface area contributed by atoms with Gasteiger partial charge in [-0.05, 0) is 49.3 Å². The van der Waals surface area contributed by atoms with E-state index in [-0.39, 0.29) is 18.6 Å². The molecule has 3 nitrogen and oxygen atoms in total. The zero-order valence-electron chi connectivity index (χ0n) is 12.7. The molecule has 3 heteroatoms. The van der Waals surface area contributed by atoms with Crippen LogP contribution < -0.4 is 5.32 Å². The fraction of sp³-hybridized carbons (Fsp3) is 0.500. The zero-order chi connectivity index (χ0) is 15.2. The number of aliphatic hydroxyl groups excluding tert-OH is 1. The molecule has 0 radical (unpaired) electrons. The second kappa shape index (κ2) is 7.28. The van der Waals surface area contributed by atoms with E-state index in [0.717, 1.165) is 24.3 Å². The number of hydrogen-bond donors (Lipinski definition) is 2. The summed E-state index contributed by atoms with van der Waals surface area (Å²) in [5, 5.41) is 11.8. The standard InChI is InChI=1S/C18H23NO2/c1-13-8-9-17(11-14(13)2)19-18(21)16-7-3-5-15(12-16)6-4-10-20/h3,5,7,12-14,17,20H,8-11H2,1-2H3,(H,19,21). The lowest BCUT2D eigenvalue weighted by Gasteiger charge is -2.32. The van der Waals surface area contributed by atoms with Gasteiger partial charge in [0.05, 0.1) is 0 Å². The van der Waals surface area contributed by atoms with Crippen molar-refractivity contribution in [1.29, 1.82) is 0 Å². The maximum Gasteiger partial charge on any atom is 0.251 e. The van der Waals surface area contributed by atoms with Gasteiger partial charge in [-0.25, -0.2) is 0 Å². The van der Waals surface area contributed by atoms with E-state index < -0.39 is 0 Å². The average Bonchev–Trinajstić information content (AvgIpc) is 2.49. The summed E-state index contributed by atoms with van der Waals surface area (Å²) in [6.07, 6.45) is 3.28. The Labute approximate surface area is 126 Å². The predicted octanol–water partition coefficient (Wildman–Crippen LogP) is 2.58. The van der Waals surface area contributed by atoms with Gasteiger partial charge >= 0.3 is 0 Å². The van der Waals surface area contributed by atoms with Crippen molar-refractivity contribution in [3.8, 4) is 11.8 Å². The Morgan fingerprint density at radius 2 is 2.14 bits per heavy atom. The SMILES string of the molecule is CC1CCC(NC(=O)c2cccc(C#CCO)c2)CC1C. The minimum atomic E-state index is -0.172. The number of carbonyl (C=O) groups is 1. The van der Waals surface area contributed by atoms with Crippen LogP contribution in [0, 0.1) is 23.7 Å². The third kappa shape index (κ3) is 4.34. The Kier molecular flexibility index (Phi) is 5.41. The first-order valence-electron chi connectivity index (χ1n) is 7.60. The highest BCUT2D eigenvalue weighted by Crippen LogP contribution is 2.29. The molecule has 1 amide bonds. The summed E-state index contributed by atoms with van der Waals surface area (Å²) in [5.41, 5.74) is 1.38. The van der Waals surface area contributed by atoms with E-state index in [0.29, 0.717) is 11.5 Å². The highest BCUT2D eigenvalue weighted by Gasteiger charge is 2.25. The van der Waals surface area contributed by atoms with Gasteiger partial charge in [-0.2, -0.15) is 0 Å². The number of aliphatic hydroxyl groups is 1. The lowest BCUT2D eigenvalue weighted by molar-refractivity contribution is 0.0910. The van der Waals surface area contributed by atoms with Crippen molar-refractivity contribution in [2.45, 2.75) is 39.2 Å². The van der Waals surface area contributed by atoms with Gasteiger partial charge in [-0.3, -0.25) is 4.79 Å². The minimum absolute atomic E-state index is 0.0330. The molecule has 0 spiro atoms. The molecular formula is C18H23NO2. The van der Waals surface area contributed by atoms with Gasteiger partial charge in [0.1, 0.15) is 6.61 Å². The average molecular weight is 285 g/mol. The fourth-order valence-corrected chi connectivity index (χ4v) is 2.83. The second-order valence-corrected chi connectivity index (χ2v) is 5.98. The summed E-state index contributed by atoms with van der Waals surface area (Å²) in [6.45, 7) is 4.37. The Morgan fingerprint density at radius 3 is 2.86 bits per heavy atom. The van der Waals surface area contributed by atoms with E-state index >= 15 is 0 Å². The Balaban J connectivity index is 2.00. The zero-order valence-corrected chi connectivity index (χ0v) is 12.7.